The number of rotatable bonds is 3. The van der Waals surface area contributed by atoms with Gasteiger partial charge in [0.2, 0.25) is 5.76 Å². The number of anilines is 1. The minimum Gasteiger partial charge on any atom is -0.450 e. The average molecular weight is 390 g/mol. The maximum atomic E-state index is 13.8. The average Bonchev–Trinajstić information content (AvgIpc) is 3.13. The van der Waals surface area contributed by atoms with Crippen LogP contribution in [0.15, 0.2) is 57.7 Å². The van der Waals surface area contributed by atoms with Crippen molar-refractivity contribution >= 4 is 28.5 Å². The van der Waals surface area contributed by atoms with E-state index in [2.05, 4.69) is 0 Å². The van der Waals surface area contributed by atoms with Crippen LogP contribution in [-0.4, -0.2) is 41.5 Å². The lowest BCUT2D eigenvalue weighted by molar-refractivity contribution is -0.126. The van der Waals surface area contributed by atoms with Crippen LogP contribution in [0.1, 0.15) is 28.6 Å². The lowest BCUT2D eigenvalue weighted by Gasteiger charge is -2.33. The number of carbonyl (C=O) groups excluding carboxylic acids is 2. The Bertz CT molecular complexity index is 1250. The Morgan fingerprint density at radius 3 is 2.52 bits per heavy atom. The molecule has 0 unspecified atom stereocenters. The van der Waals surface area contributed by atoms with Crippen molar-refractivity contribution in [3.8, 4) is 0 Å². The predicted octanol–water partition coefficient (Wildman–Crippen LogP) is 1.85. The Hall–Kier alpha value is -3.45. The second-order valence-corrected chi connectivity index (χ2v) is 7.09. The Morgan fingerprint density at radius 2 is 1.76 bits per heavy atom. The van der Waals surface area contributed by atoms with E-state index in [-0.39, 0.29) is 36.0 Å². The van der Waals surface area contributed by atoms with Crippen molar-refractivity contribution in [3.63, 3.8) is 0 Å². The van der Waals surface area contributed by atoms with Gasteiger partial charge < -0.3 is 19.3 Å². The van der Waals surface area contributed by atoms with Crippen LogP contribution in [0.25, 0.3) is 11.0 Å². The number of fused-ring (bicyclic) bond motifs is 5. The van der Waals surface area contributed by atoms with Crippen LogP contribution < -0.4 is 10.3 Å². The van der Waals surface area contributed by atoms with Gasteiger partial charge in [-0.15, -0.1) is 0 Å². The van der Waals surface area contributed by atoms with E-state index in [4.69, 9.17) is 4.42 Å². The summed E-state index contributed by atoms with van der Waals surface area (Å²) in [6.07, 6.45) is 0. The molecule has 2 aromatic carbocycles. The van der Waals surface area contributed by atoms with E-state index in [0.29, 0.717) is 23.2 Å². The van der Waals surface area contributed by atoms with Crippen LogP contribution in [0, 0.1) is 0 Å². The molecule has 0 fully saturated rings. The quantitative estimate of drug-likeness (QED) is 0.737. The number of para-hydroxylation sites is 2. The van der Waals surface area contributed by atoms with E-state index in [1.807, 2.05) is 13.0 Å². The Labute approximate surface area is 165 Å². The summed E-state index contributed by atoms with van der Waals surface area (Å²) in [4.78, 5) is 43.5. The Kier molecular flexibility index (Phi) is 3.66. The van der Waals surface area contributed by atoms with E-state index in [9.17, 15) is 19.5 Å². The molecule has 7 nitrogen and oxygen atoms in total. The van der Waals surface area contributed by atoms with Crippen molar-refractivity contribution in [2.24, 2.45) is 0 Å². The van der Waals surface area contributed by atoms with Gasteiger partial charge in [0.25, 0.3) is 11.8 Å². The molecule has 3 aromatic rings. The number of hydrogen-bond donors (Lipinski definition) is 1. The lowest BCUT2D eigenvalue weighted by Crippen LogP contribution is -2.54. The number of hydrogen-bond acceptors (Lipinski definition) is 5. The molecule has 3 heterocycles. The molecule has 2 amide bonds. The van der Waals surface area contributed by atoms with E-state index in [1.54, 1.807) is 47.4 Å². The number of benzene rings is 2. The molecule has 0 aliphatic carbocycles. The fourth-order valence-corrected chi connectivity index (χ4v) is 4.65. The van der Waals surface area contributed by atoms with Crippen LogP contribution in [0.2, 0.25) is 0 Å². The monoisotopic (exact) mass is 390 g/mol. The maximum absolute atomic E-state index is 13.8. The van der Waals surface area contributed by atoms with E-state index in [1.165, 1.54) is 4.90 Å². The zero-order valence-electron chi connectivity index (χ0n) is 15.7. The topological polar surface area (TPSA) is 91.1 Å². The third-order valence-electron chi connectivity index (χ3n) is 5.78. The highest BCUT2D eigenvalue weighted by molar-refractivity contribution is 6.17. The minimum atomic E-state index is -1.63. The molecule has 1 aromatic heterocycles. The molecule has 2 aliphatic rings. The molecular weight excluding hydrogens is 372 g/mol. The van der Waals surface area contributed by atoms with Gasteiger partial charge in [-0.25, -0.2) is 0 Å². The summed E-state index contributed by atoms with van der Waals surface area (Å²) in [6, 6.07) is 13.8. The standard InChI is InChI=1S/C22H18N2O5/c1-2-23-15-9-5-4-8-14(15)22(21(23)28)17-18(26)13-7-3-6-10-16(13)29-19(17)20(27)24(22)11-12-25/h3-10,25H,2,11-12H2,1H3/t22-/m0/s1. The summed E-state index contributed by atoms with van der Waals surface area (Å²) < 4.78 is 5.85. The number of β-amino-alcohol motifs (C(OH)–C–C–N with tert-alkyl or cyclic N) is 1. The van der Waals surface area contributed by atoms with Crippen molar-refractivity contribution < 1.29 is 19.1 Å². The van der Waals surface area contributed by atoms with Crippen molar-refractivity contribution in [1.82, 2.24) is 4.90 Å². The van der Waals surface area contributed by atoms with Gasteiger partial charge in [0.1, 0.15) is 5.58 Å². The highest BCUT2D eigenvalue weighted by atomic mass is 16.3. The first-order valence-electron chi connectivity index (χ1n) is 9.48. The first kappa shape index (κ1) is 17.6. The molecule has 5 rings (SSSR count). The van der Waals surface area contributed by atoms with Crippen LogP contribution in [0.5, 0.6) is 0 Å². The van der Waals surface area contributed by atoms with Gasteiger partial charge in [-0.2, -0.15) is 0 Å². The smallest absolute Gasteiger partial charge is 0.291 e. The summed E-state index contributed by atoms with van der Waals surface area (Å²) in [7, 11) is 0. The van der Waals surface area contributed by atoms with Crippen LogP contribution >= 0.6 is 0 Å². The van der Waals surface area contributed by atoms with Gasteiger partial charge in [-0.1, -0.05) is 30.3 Å². The van der Waals surface area contributed by atoms with Crippen molar-refractivity contribution in [2.45, 2.75) is 12.5 Å². The number of aliphatic hydroxyl groups is 1. The number of carbonyl (C=O) groups is 2. The molecule has 7 heteroatoms. The number of nitrogens with zero attached hydrogens (tertiary/aromatic N) is 2. The molecule has 1 atom stereocenters. The second kappa shape index (κ2) is 6.02. The van der Waals surface area contributed by atoms with Crippen molar-refractivity contribution in [2.75, 3.05) is 24.6 Å². The number of amides is 2. The van der Waals surface area contributed by atoms with E-state index >= 15 is 0 Å². The fraction of sp³-hybridized carbons (Fsp3) is 0.227. The molecule has 1 N–H and O–H groups in total. The molecular formula is C22H18N2O5. The van der Waals surface area contributed by atoms with Crippen LogP contribution in [-0.2, 0) is 10.3 Å². The molecule has 29 heavy (non-hydrogen) atoms. The van der Waals surface area contributed by atoms with Gasteiger partial charge in [0.15, 0.2) is 11.0 Å². The van der Waals surface area contributed by atoms with E-state index < -0.39 is 16.9 Å². The third-order valence-corrected chi connectivity index (χ3v) is 5.78. The maximum Gasteiger partial charge on any atom is 0.291 e. The summed E-state index contributed by atoms with van der Waals surface area (Å²) in [5, 5.41) is 9.97. The van der Waals surface area contributed by atoms with Gasteiger partial charge in [-0.05, 0) is 25.1 Å². The zero-order valence-corrected chi connectivity index (χ0v) is 15.7. The zero-order chi connectivity index (χ0) is 20.3. The van der Waals surface area contributed by atoms with E-state index in [0.717, 1.165) is 0 Å². The molecule has 0 saturated heterocycles. The molecule has 0 bridgehead atoms. The van der Waals surface area contributed by atoms with Crippen molar-refractivity contribution in [3.05, 3.63) is 75.6 Å². The summed E-state index contributed by atoms with van der Waals surface area (Å²) >= 11 is 0. The summed E-state index contributed by atoms with van der Waals surface area (Å²) in [5.41, 5.74) is -0.519. The van der Waals surface area contributed by atoms with Gasteiger partial charge in [0, 0.05) is 18.7 Å². The first-order valence-corrected chi connectivity index (χ1v) is 9.48. The van der Waals surface area contributed by atoms with Gasteiger partial charge in [-0.3, -0.25) is 14.4 Å². The van der Waals surface area contributed by atoms with Crippen LogP contribution in [0.3, 0.4) is 0 Å². The molecule has 146 valence electrons. The van der Waals surface area contributed by atoms with Gasteiger partial charge >= 0.3 is 0 Å². The highest BCUT2D eigenvalue weighted by Crippen LogP contribution is 2.52. The lowest BCUT2D eigenvalue weighted by atomic mass is 9.84. The first-order chi connectivity index (χ1) is 14.1. The van der Waals surface area contributed by atoms with Gasteiger partial charge in [0.05, 0.1) is 23.2 Å². The number of aliphatic hydroxyl groups excluding tert-OH is 1. The predicted molar refractivity (Wildman–Crippen MR) is 106 cm³/mol. The normalized spacial score (nSPS) is 20.1. The largest absolute Gasteiger partial charge is 0.450 e. The minimum absolute atomic E-state index is 0.0306. The SMILES string of the molecule is CCN1C(=O)[C@]2(c3ccccc31)c1c(oc3ccccc3c1=O)C(=O)N2CCO. The second-order valence-electron chi connectivity index (χ2n) is 7.09. The third kappa shape index (κ3) is 1.97. The van der Waals surface area contributed by atoms with Crippen molar-refractivity contribution in [1.29, 1.82) is 0 Å². The molecule has 0 saturated carbocycles. The summed E-state index contributed by atoms with van der Waals surface area (Å²) in [6.45, 7) is 1.77. The fourth-order valence-electron chi connectivity index (χ4n) is 4.65. The highest BCUT2D eigenvalue weighted by Gasteiger charge is 2.64. The number of likely N-dealkylation sites (N-methyl/N-ethyl adjacent to an activating group) is 1. The van der Waals surface area contributed by atoms with Crippen LogP contribution in [0.4, 0.5) is 5.69 Å². The molecule has 0 radical (unpaired) electrons. The Balaban J connectivity index is 1.96. The summed E-state index contributed by atoms with van der Waals surface area (Å²) in [5.74, 6) is -1.09. The molecule has 2 aliphatic heterocycles. The molecule has 1 spiro atoms. The Morgan fingerprint density at radius 1 is 1.03 bits per heavy atom.